The van der Waals surface area contributed by atoms with Crippen LogP contribution in [0.3, 0.4) is 0 Å². The molecule has 2 fully saturated rings. The van der Waals surface area contributed by atoms with Gasteiger partial charge in [-0.25, -0.2) is 0 Å². The van der Waals surface area contributed by atoms with Crippen molar-refractivity contribution in [3.05, 3.63) is 28.2 Å². The van der Waals surface area contributed by atoms with Crippen molar-refractivity contribution in [1.82, 2.24) is 4.90 Å². The van der Waals surface area contributed by atoms with Crippen molar-refractivity contribution in [2.24, 2.45) is 0 Å². The molecule has 1 aromatic rings. The van der Waals surface area contributed by atoms with Gasteiger partial charge in [-0.3, -0.25) is 4.79 Å². The van der Waals surface area contributed by atoms with E-state index in [1.807, 2.05) is 11.0 Å². The van der Waals surface area contributed by atoms with Crippen molar-refractivity contribution in [3.63, 3.8) is 0 Å². The summed E-state index contributed by atoms with van der Waals surface area (Å²) in [6, 6.07) is 5.65. The van der Waals surface area contributed by atoms with Crippen LogP contribution >= 0.6 is 15.9 Å². The SMILES string of the molecule is Nc1ccc(Br)c(C(=O)N2C3CCC2CC(O)C3)c1. The minimum absolute atomic E-state index is 0.0265. The van der Waals surface area contributed by atoms with Crippen LogP contribution in [0.1, 0.15) is 36.0 Å². The number of carbonyl (C=O) groups excluding carboxylic acids is 1. The van der Waals surface area contributed by atoms with E-state index in [1.165, 1.54) is 0 Å². The van der Waals surface area contributed by atoms with Gasteiger partial charge in [0, 0.05) is 22.2 Å². The molecular formula is C14H17BrN2O2. The van der Waals surface area contributed by atoms with Gasteiger partial charge in [-0.05, 0) is 59.8 Å². The minimum Gasteiger partial charge on any atom is -0.399 e. The van der Waals surface area contributed by atoms with Gasteiger partial charge in [0.1, 0.15) is 0 Å². The van der Waals surface area contributed by atoms with Crippen LogP contribution in [0.5, 0.6) is 0 Å². The summed E-state index contributed by atoms with van der Waals surface area (Å²) < 4.78 is 0.775. The number of carbonyl (C=O) groups is 1. The first-order valence-electron chi connectivity index (χ1n) is 6.62. The fourth-order valence-corrected chi connectivity index (χ4v) is 3.74. The molecule has 2 aliphatic heterocycles. The number of halogens is 1. The van der Waals surface area contributed by atoms with Crippen LogP contribution in [0.4, 0.5) is 5.69 Å². The molecule has 1 aromatic carbocycles. The fourth-order valence-electron chi connectivity index (χ4n) is 3.33. The minimum atomic E-state index is -0.258. The molecule has 0 spiro atoms. The lowest BCUT2D eigenvalue weighted by Gasteiger charge is -2.37. The normalized spacial score (nSPS) is 29.6. The maximum Gasteiger partial charge on any atom is 0.255 e. The molecule has 19 heavy (non-hydrogen) atoms. The van der Waals surface area contributed by atoms with Crippen molar-refractivity contribution in [3.8, 4) is 0 Å². The molecule has 0 aromatic heterocycles. The van der Waals surface area contributed by atoms with E-state index in [-0.39, 0.29) is 24.1 Å². The topological polar surface area (TPSA) is 66.6 Å². The molecule has 0 saturated carbocycles. The summed E-state index contributed by atoms with van der Waals surface area (Å²) in [4.78, 5) is 14.6. The fraction of sp³-hybridized carbons (Fsp3) is 0.500. The Kier molecular flexibility index (Phi) is 3.27. The van der Waals surface area contributed by atoms with E-state index in [4.69, 9.17) is 5.73 Å². The molecule has 3 rings (SSSR count). The van der Waals surface area contributed by atoms with Gasteiger partial charge in [-0.1, -0.05) is 0 Å². The van der Waals surface area contributed by atoms with Crippen molar-refractivity contribution < 1.29 is 9.90 Å². The molecule has 2 heterocycles. The number of hydrogen-bond donors (Lipinski definition) is 2. The van der Waals surface area contributed by atoms with Crippen LogP contribution in [-0.2, 0) is 0 Å². The molecule has 2 aliphatic rings. The number of piperidine rings is 1. The molecule has 2 saturated heterocycles. The maximum absolute atomic E-state index is 12.7. The maximum atomic E-state index is 12.7. The summed E-state index contributed by atoms with van der Waals surface area (Å²) in [6.07, 6.45) is 3.12. The number of fused-ring (bicyclic) bond motifs is 2. The second-order valence-corrected chi connectivity index (χ2v) is 6.32. The van der Waals surface area contributed by atoms with Gasteiger partial charge >= 0.3 is 0 Å². The third kappa shape index (κ3) is 2.25. The van der Waals surface area contributed by atoms with Crippen LogP contribution in [0.25, 0.3) is 0 Å². The highest BCUT2D eigenvalue weighted by atomic mass is 79.9. The quantitative estimate of drug-likeness (QED) is 0.778. The highest BCUT2D eigenvalue weighted by Crippen LogP contribution is 2.37. The van der Waals surface area contributed by atoms with Crippen molar-refractivity contribution in [2.75, 3.05) is 5.73 Å². The summed E-state index contributed by atoms with van der Waals surface area (Å²) in [5.74, 6) is 0.0265. The molecule has 102 valence electrons. The van der Waals surface area contributed by atoms with Crippen LogP contribution in [-0.4, -0.2) is 34.1 Å². The Morgan fingerprint density at radius 3 is 2.58 bits per heavy atom. The van der Waals surface area contributed by atoms with E-state index in [0.717, 1.165) is 17.3 Å². The zero-order valence-corrected chi connectivity index (χ0v) is 12.1. The van der Waals surface area contributed by atoms with Gasteiger partial charge in [0.2, 0.25) is 0 Å². The Morgan fingerprint density at radius 2 is 1.95 bits per heavy atom. The molecule has 4 nitrogen and oxygen atoms in total. The molecule has 2 unspecified atom stereocenters. The monoisotopic (exact) mass is 324 g/mol. The second-order valence-electron chi connectivity index (χ2n) is 5.46. The van der Waals surface area contributed by atoms with E-state index in [0.29, 0.717) is 24.1 Å². The number of nitrogens with two attached hydrogens (primary N) is 1. The molecule has 5 heteroatoms. The number of aliphatic hydroxyl groups is 1. The third-order valence-electron chi connectivity index (χ3n) is 4.16. The van der Waals surface area contributed by atoms with Crippen molar-refractivity contribution >= 4 is 27.5 Å². The number of benzene rings is 1. The Morgan fingerprint density at radius 1 is 1.32 bits per heavy atom. The molecule has 0 radical (unpaired) electrons. The lowest BCUT2D eigenvalue weighted by molar-refractivity contribution is 0.0286. The summed E-state index contributed by atoms with van der Waals surface area (Å²) in [5, 5.41) is 9.79. The predicted molar refractivity (Wildman–Crippen MR) is 76.8 cm³/mol. The Hall–Kier alpha value is -1.07. The van der Waals surface area contributed by atoms with Crippen molar-refractivity contribution in [2.45, 2.75) is 43.9 Å². The first-order chi connectivity index (χ1) is 9.06. The average Bonchev–Trinajstić information content (AvgIpc) is 2.64. The zero-order chi connectivity index (χ0) is 13.6. The average molecular weight is 325 g/mol. The van der Waals surface area contributed by atoms with E-state index < -0.39 is 0 Å². The van der Waals surface area contributed by atoms with Crippen LogP contribution < -0.4 is 5.73 Å². The van der Waals surface area contributed by atoms with Crippen molar-refractivity contribution in [1.29, 1.82) is 0 Å². The molecular weight excluding hydrogens is 308 g/mol. The zero-order valence-electron chi connectivity index (χ0n) is 10.6. The number of rotatable bonds is 1. The van der Waals surface area contributed by atoms with Gasteiger partial charge < -0.3 is 15.7 Å². The Balaban J connectivity index is 1.90. The number of aliphatic hydroxyl groups excluding tert-OH is 1. The van der Waals surface area contributed by atoms with Gasteiger partial charge in [0.05, 0.1) is 11.7 Å². The number of nitrogen functional groups attached to an aromatic ring is 1. The van der Waals surface area contributed by atoms with Gasteiger partial charge in [0.15, 0.2) is 0 Å². The molecule has 3 N–H and O–H groups in total. The number of amides is 1. The number of hydrogen-bond acceptors (Lipinski definition) is 3. The van der Waals surface area contributed by atoms with Gasteiger partial charge in [-0.15, -0.1) is 0 Å². The van der Waals surface area contributed by atoms with Gasteiger partial charge in [-0.2, -0.15) is 0 Å². The molecule has 2 atom stereocenters. The third-order valence-corrected chi connectivity index (χ3v) is 4.86. The smallest absolute Gasteiger partial charge is 0.255 e. The van der Waals surface area contributed by atoms with E-state index in [2.05, 4.69) is 15.9 Å². The van der Waals surface area contributed by atoms with E-state index in [1.54, 1.807) is 12.1 Å². The molecule has 0 aliphatic carbocycles. The summed E-state index contributed by atoms with van der Waals surface area (Å²) in [7, 11) is 0. The molecule has 2 bridgehead atoms. The van der Waals surface area contributed by atoms with E-state index >= 15 is 0 Å². The highest BCUT2D eigenvalue weighted by Gasteiger charge is 2.43. The number of nitrogens with zero attached hydrogens (tertiary/aromatic N) is 1. The second kappa shape index (κ2) is 4.80. The van der Waals surface area contributed by atoms with Crippen LogP contribution in [0, 0.1) is 0 Å². The lowest BCUT2D eigenvalue weighted by atomic mass is 9.98. The summed E-state index contributed by atoms with van der Waals surface area (Å²) in [6.45, 7) is 0. The Labute approximate surface area is 120 Å². The Bertz CT molecular complexity index is 506. The number of anilines is 1. The summed E-state index contributed by atoms with van der Waals surface area (Å²) >= 11 is 3.42. The lowest BCUT2D eigenvalue weighted by Crippen LogP contribution is -2.48. The van der Waals surface area contributed by atoms with E-state index in [9.17, 15) is 9.90 Å². The largest absolute Gasteiger partial charge is 0.399 e. The predicted octanol–water partition coefficient (Wildman–Crippen LogP) is 2.16. The van der Waals surface area contributed by atoms with Gasteiger partial charge in [0.25, 0.3) is 5.91 Å². The highest BCUT2D eigenvalue weighted by molar-refractivity contribution is 9.10. The van der Waals surface area contributed by atoms with Crippen LogP contribution in [0.2, 0.25) is 0 Å². The van der Waals surface area contributed by atoms with Crippen LogP contribution in [0.15, 0.2) is 22.7 Å². The standard InChI is InChI=1S/C14H17BrN2O2/c15-13-4-1-8(16)5-12(13)14(19)17-9-2-3-10(17)7-11(18)6-9/h1,4-5,9-11,18H,2-3,6-7,16H2. The first kappa shape index (κ1) is 12.9. The summed E-state index contributed by atoms with van der Waals surface area (Å²) in [5.41, 5.74) is 6.98. The first-order valence-corrected chi connectivity index (χ1v) is 7.41. The molecule has 1 amide bonds.